The molecule has 0 radical (unpaired) electrons. The Bertz CT molecular complexity index is 1000. The SMILES string of the molecule is NS(=O)(=O)c1cc(F)cc(-c2ncccc2-c2ccc(F)cc2)c1. The van der Waals surface area contributed by atoms with E-state index in [0.29, 0.717) is 16.8 Å². The summed E-state index contributed by atoms with van der Waals surface area (Å²) in [6, 6.07) is 12.4. The van der Waals surface area contributed by atoms with Gasteiger partial charge in [-0.3, -0.25) is 4.98 Å². The van der Waals surface area contributed by atoms with Crippen LogP contribution in [0.5, 0.6) is 0 Å². The van der Waals surface area contributed by atoms with Crippen LogP contribution >= 0.6 is 0 Å². The third-order valence-corrected chi connectivity index (χ3v) is 4.33. The minimum atomic E-state index is -4.06. The molecule has 7 heteroatoms. The van der Waals surface area contributed by atoms with Gasteiger partial charge >= 0.3 is 0 Å². The third kappa shape index (κ3) is 3.32. The molecule has 0 atom stereocenters. The van der Waals surface area contributed by atoms with E-state index in [-0.39, 0.29) is 16.3 Å². The number of rotatable bonds is 3. The van der Waals surface area contributed by atoms with E-state index in [0.717, 1.165) is 6.07 Å². The van der Waals surface area contributed by atoms with Crippen molar-refractivity contribution in [1.82, 2.24) is 4.98 Å². The zero-order valence-corrected chi connectivity index (χ0v) is 13.1. The van der Waals surface area contributed by atoms with Crippen molar-refractivity contribution in [1.29, 1.82) is 0 Å². The molecule has 0 saturated carbocycles. The Morgan fingerprint density at radius 1 is 0.875 bits per heavy atom. The lowest BCUT2D eigenvalue weighted by atomic mass is 9.99. The first-order chi connectivity index (χ1) is 11.3. The Hall–Kier alpha value is -2.64. The molecule has 3 aromatic rings. The van der Waals surface area contributed by atoms with Gasteiger partial charge in [0, 0.05) is 17.3 Å². The molecule has 0 saturated heterocycles. The van der Waals surface area contributed by atoms with Crippen LogP contribution in [-0.4, -0.2) is 13.4 Å². The van der Waals surface area contributed by atoms with Crippen molar-refractivity contribution >= 4 is 10.0 Å². The molecule has 24 heavy (non-hydrogen) atoms. The fourth-order valence-corrected chi connectivity index (χ4v) is 2.93. The van der Waals surface area contributed by atoms with Gasteiger partial charge in [-0.2, -0.15) is 0 Å². The Balaban J connectivity index is 2.21. The highest BCUT2D eigenvalue weighted by molar-refractivity contribution is 7.89. The van der Waals surface area contributed by atoms with E-state index < -0.39 is 15.8 Å². The highest BCUT2D eigenvalue weighted by Crippen LogP contribution is 2.31. The second kappa shape index (κ2) is 6.10. The first-order valence-electron chi connectivity index (χ1n) is 6.89. The van der Waals surface area contributed by atoms with Gasteiger partial charge in [-0.05, 0) is 42.0 Å². The Kier molecular flexibility index (Phi) is 4.13. The van der Waals surface area contributed by atoms with E-state index in [9.17, 15) is 17.2 Å². The summed E-state index contributed by atoms with van der Waals surface area (Å²) >= 11 is 0. The van der Waals surface area contributed by atoms with Crippen LogP contribution in [-0.2, 0) is 10.0 Å². The molecule has 0 amide bonds. The maximum Gasteiger partial charge on any atom is 0.238 e. The zero-order chi connectivity index (χ0) is 17.3. The van der Waals surface area contributed by atoms with Gasteiger partial charge in [0.05, 0.1) is 10.6 Å². The number of sulfonamides is 1. The standard InChI is InChI=1S/C17H12F2N2O2S/c18-13-5-3-11(4-6-13)16-2-1-7-21-17(16)12-8-14(19)10-15(9-12)24(20,22)23/h1-10H,(H2,20,22,23). The summed E-state index contributed by atoms with van der Waals surface area (Å²) in [4.78, 5) is 3.88. The normalized spacial score (nSPS) is 11.5. The van der Waals surface area contributed by atoms with Crippen LogP contribution in [0.1, 0.15) is 0 Å². The molecular formula is C17H12F2N2O2S. The Morgan fingerprint density at radius 3 is 2.25 bits per heavy atom. The van der Waals surface area contributed by atoms with Crippen molar-refractivity contribution in [2.75, 3.05) is 0 Å². The van der Waals surface area contributed by atoms with E-state index in [1.54, 1.807) is 24.3 Å². The first kappa shape index (κ1) is 16.2. The van der Waals surface area contributed by atoms with Gasteiger partial charge in [-0.25, -0.2) is 22.3 Å². The fourth-order valence-electron chi connectivity index (χ4n) is 2.36. The summed E-state index contributed by atoms with van der Waals surface area (Å²) in [6.45, 7) is 0. The smallest absolute Gasteiger partial charge is 0.238 e. The molecular weight excluding hydrogens is 334 g/mol. The van der Waals surface area contributed by atoms with Gasteiger partial charge in [0.25, 0.3) is 0 Å². The fraction of sp³-hybridized carbons (Fsp3) is 0. The third-order valence-electron chi connectivity index (χ3n) is 3.44. The lowest BCUT2D eigenvalue weighted by Gasteiger charge is -2.10. The monoisotopic (exact) mass is 346 g/mol. The van der Waals surface area contributed by atoms with Crippen molar-refractivity contribution in [2.45, 2.75) is 4.90 Å². The summed E-state index contributed by atoms with van der Waals surface area (Å²) in [6.07, 6.45) is 1.50. The molecule has 0 spiro atoms. The number of primary sulfonamides is 1. The summed E-state index contributed by atoms with van der Waals surface area (Å²) < 4.78 is 50.0. The van der Waals surface area contributed by atoms with Crippen LogP contribution in [0.15, 0.2) is 65.7 Å². The van der Waals surface area contributed by atoms with Crippen molar-refractivity contribution in [3.63, 3.8) is 0 Å². The second-order valence-electron chi connectivity index (χ2n) is 5.13. The molecule has 4 nitrogen and oxygen atoms in total. The van der Waals surface area contributed by atoms with E-state index in [1.165, 1.54) is 30.5 Å². The van der Waals surface area contributed by atoms with Crippen LogP contribution in [0.3, 0.4) is 0 Å². The highest BCUT2D eigenvalue weighted by atomic mass is 32.2. The van der Waals surface area contributed by atoms with Crippen LogP contribution in [0.25, 0.3) is 22.4 Å². The molecule has 3 rings (SSSR count). The molecule has 0 aliphatic heterocycles. The van der Waals surface area contributed by atoms with Crippen molar-refractivity contribution < 1.29 is 17.2 Å². The number of aromatic nitrogens is 1. The number of hydrogen-bond acceptors (Lipinski definition) is 3. The predicted molar refractivity (Wildman–Crippen MR) is 86.4 cm³/mol. The lowest BCUT2D eigenvalue weighted by Crippen LogP contribution is -2.12. The van der Waals surface area contributed by atoms with Crippen LogP contribution in [0.4, 0.5) is 8.78 Å². The Labute approximate surface area is 137 Å². The van der Waals surface area contributed by atoms with Gasteiger partial charge in [0.1, 0.15) is 11.6 Å². The average molecular weight is 346 g/mol. The van der Waals surface area contributed by atoms with Gasteiger partial charge in [-0.1, -0.05) is 18.2 Å². The minimum absolute atomic E-state index is 0.263. The van der Waals surface area contributed by atoms with Gasteiger partial charge in [0.2, 0.25) is 10.0 Å². The minimum Gasteiger partial charge on any atom is -0.256 e. The maximum absolute atomic E-state index is 13.8. The second-order valence-corrected chi connectivity index (χ2v) is 6.69. The quantitative estimate of drug-likeness (QED) is 0.790. The number of nitrogens with zero attached hydrogens (tertiary/aromatic N) is 1. The zero-order valence-electron chi connectivity index (χ0n) is 12.3. The number of pyridine rings is 1. The molecule has 1 aromatic heterocycles. The lowest BCUT2D eigenvalue weighted by molar-refractivity contribution is 0.592. The molecule has 2 aromatic carbocycles. The maximum atomic E-state index is 13.8. The van der Waals surface area contributed by atoms with Gasteiger partial charge < -0.3 is 0 Å². The number of hydrogen-bond donors (Lipinski definition) is 1. The summed E-state index contributed by atoms with van der Waals surface area (Å²) in [5.74, 6) is -1.13. The van der Waals surface area contributed by atoms with E-state index in [1.807, 2.05) is 0 Å². The van der Waals surface area contributed by atoms with Crippen LogP contribution < -0.4 is 5.14 Å². The average Bonchev–Trinajstić information content (AvgIpc) is 2.54. The molecule has 1 heterocycles. The van der Waals surface area contributed by atoms with Crippen LogP contribution in [0, 0.1) is 11.6 Å². The predicted octanol–water partition coefficient (Wildman–Crippen LogP) is 3.34. The molecule has 0 aliphatic rings. The summed E-state index contributed by atoms with van der Waals surface area (Å²) in [5, 5.41) is 5.08. The molecule has 0 fully saturated rings. The van der Waals surface area contributed by atoms with Crippen molar-refractivity contribution in [2.24, 2.45) is 5.14 Å². The van der Waals surface area contributed by atoms with Crippen molar-refractivity contribution in [3.05, 3.63) is 72.4 Å². The molecule has 2 N–H and O–H groups in total. The van der Waals surface area contributed by atoms with Gasteiger partial charge in [-0.15, -0.1) is 0 Å². The molecule has 0 aliphatic carbocycles. The first-order valence-corrected chi connectivity index (χ1v) is 8.44. The Morgan fingerprint density at radius 2 is 1.58 bits per heavy atom. The number of halogens is 2. The van der Waals surface area contributed by atoms with Crippen LogP contribution in [0.2, 0.25) is 0 Å². The van der Waals surface area contributed by atoms with E-state index >= 15 is 0 Å². The molecule has 0 unspecified atom stereocenters. The van der Waals surface area contributed by atoms with E-state index in [4.69, 9.17) is 5.14 Å². The van der Waals surface area contributed by atoms with E-state index in [2.05, 4.69) is 4.98 Å². The van der Waals surface area contributed by atoms with Gasteiger partial charge in [0.15, 0.2) is 0 Å². The summed E-state index contributed by atoms with van der Waals surface area (Å²) in [7, 11) is -4.06. The summed E-state index contributed by atoms with van der Waals surface area (Å²) in [5.41, 5.74) is 1.91. The topological polar surface area (TPSA) is 73.1 Å². The number of nitrogens with two attached hydrogens (primary N) is 1. The number of benzene rings is 2. The highest BCUT2D eigenvalue weighted by Gasteiger charge is 2.15. The van der Waals surface area contributed by atoms with Crippen molar-refractivity contribution in [3.8, 4) is 22.4 Å². The molecule has 0 bridgehead atoms. The largest absolute Gasteiger partial charge is 0.256 e. The molecule has 122 valence electrons.